The second kappa shape index (κ2) is 7.91. The lowest BCUT2D eigenvalue weighted by Gasteiger charge is -2.17. The minimum atomic E-state index is -2.90. The third-order valence-corrected chi connectivity index (χ3v) is 3.44. The second-order valence-corrected chi connectivity index (χ2v) is 5.16. The zero-order chi connectivity index (χ0) is 15.1. The van der Waals surface area contributed by atoms with E-state index in [4.69, 9.17) is 5.11 Å². The number of amides is 2. The largest absolute Gasteiger partial charge is 0.385 e. The van der Waals surface area contributed by atoms with Gasteiger partial charge in [-0.2, -0.15) is 0 Å². The van der Waals surface area contributed by atoms with Crippen molar-refractivity contribution >= 4 is 23.2 Å². The van der Waals surface area contributed by atoms with Crippen molar-refractivity contribution in [3.05, 3.63) is 22.4 Å². The van der Waals surface area contributed by atoms with E-state index in [-0.39, 0.29) is 12.3 Å². The molecule has 2 amide bonds. The number of hydrogen-bond donors (Lipinski definition) is 3. The number of carbonyl (C=O) groups is 2. The molecule has 1 rings (SSSR count). The van der Waals surface area contributed by atoms with E-state index in [1.165, 1.54) is 18.3 Å². The van der Waals surface area contributed by atoms with Crippen molar-refractivity contribution in [1.82, 2.24) is 10.6 Å². The van der Waals surface area contributed by atoms with E-state index < -0.39 is 31.0 Å². The molecule has 20 heavy (non-hydrogen) atoms. The van der Waals surface area contributed by atoms with E-state index in [1.807, 2.05) is 5.38 Å². The van der Waals surface area contributed by atoms with Crippen LogP contribution in [0.1, 0.15) is 24.3 Å². The number of halogens is 2. The molecule has 0 radical (unpaired) electrons. The lowest BCUT2D eigenvalue weighted by atomic mass is 10.1. The van der Waals surface area contributed by atoms with Crippen molar-refractivity contribution in [3.8, 4) is 0 Å². The molecule has 1 aromatic heterocycles. The molecule has 0 fully saturated rings. The quantitative estimate of drug-likeness (QED) is 0.705. The van der Waals surface area contributed by atoms with E-state index >= 15 is 0 Å². The molecule has 2 atom stereocenters. The standard InChI is InChI=1S/C12H16F2N2O3S/c1-7(17)16-8(10-3-2-4-20-10)5-11(19)15-6-9(18)12(13)14/h2-4,8-9,12,18H,5-6H2,1H3,(H,15,19)(H,16,17). The van der Waals surface area contributed by atoms with Gasteiger partial charge in [0.25, 0.3) is 6.43 Å². The molecule has 112 valence electrons. The average molecular weight is 306 g/mol. The molecule has 0 saturated heterocycles. The van der Waals surface area contributed by atoms with Gasteiger partial charge in [0.1, 0.15) is 6.10 Å². The number of nitrogens with one attached hydrogen (secondary N) is 2. The lowest BCUT2D eigenvalue weighted by molar-refractivity contribution is -0.123. The van der Waals surface area contributed by atoms with Gasteiger partial charge in [-0.15, -0.1) is 11.3 Å². The van der Waals surface area contributed by atoms with Gasteiger partial charge >= 0.3 is 0 Å². The number of aliphatic hydroxyl groups excluding tert-OH is 1. The van der Waals surface area contributed by atoms with Gasteiger partial charge < -0.3 is 15.7 Å². The van der Waals surface area contributed by atoms with Crippen LogP contribution in [0.4, 0.5) is 8.78 Å². The maximum Gasteiger partial charge on any atom is 0.265 e. The van der Waals surface area contributed by atoms with Crippen LogP contribution in [-0.2, 0) is 9.59 Å². The molecular formula is C12H16F2N2O3S. The molecule has 3 N–H and O–H groups in total. The second-order valence-electron chi connectivity index (χ2n) is 4.18. The molecule has 1 aromatic rings. The van der Waals surface area contributed by atoms with E-state index in [9.17, 15) is 18.4 Å². The van der Waals surface area contributed by atoms with Gasteiger partial charge in [0, 0.05) is 18.3 Å². The first-order valence-corrected chi connectivity index (χ1v) is 6.81. The topological polar surface area (TPSA) is 78.4 Å². The maximum absolute atomic E-state index is 12.1. The smallest absolute Gasteiger partial charge is 0.265 e. The number of alkyl halides is 2. The molecule has 0 spiro atoms. The van der Waals surface area contributed by atoms with Crippen LogP contribution in [0.15, 0.2) is 17.5 Å². The summed E-state index contributed by atoms with van der Waals surface area (Å²) in [6.45, 7) is 0.812. The normalized spacial score (nSPS) is 13.8. The van der Waals surface area contributed by atoms with Crippen molar-refractivity contribution < 1.29 is 23.5 Å². The summed E-state index contributed by atoms with van der Waals surface area (Å²) in [6, 6.07) is 3.05. The summed E-state index contributed by atoms with van der Waals surface area (Å²) >= 11 is 1.38. The Morgan fingerprint density at radius 2 is 2.15 bits per heavy atom. The predicted octanol–water partition coefficient (Wildman–Crippen LogP) is 1.06. The highest BCUT2D eigenvalue weighted by Gasteiger charge is 2.21. The minimum absolute atomic E-state index is 0.0734. The Balaban J connectivity index is 2.53. The number of rotatable bonds is 7. The van der Waals surface area contributed by atoms with Gasteiger partial charge in [-0.25, -0.2) is 8.78 Å². The highest BCUT2D eigenvalue weighted by Crippen LogP contribution is 2.21. The first-order valence-electron chi connectivity index (χ1n) is 5.93. The van der Waals surface area contributed by atoms with Crippen molar-refractivity contribution in [3.63, 3.8) is 0 Å². The van der Waals surface area contributed by atoms with E-state index in [0.717, 1.165) is 4.88 Å². The van der Waals surface area contributed by atoms with E-state index in [2.05, 4.69) is 10.6 Å². The van der Waals surface area contributed by atoms with Crippen LogP contribution >= 0.6 is 11.3 Å². The monoisotopic (exact) mass is 306 g/mol. The van der Waals surface area contributed by atoms with Crippen LogP contribution < -0.4 is 10.6 Å². The fourth-order valence-corrected chi connectivity index (χ4v) is 2.30. The molecule has 0 bridgehead atoms. The molecule has 0 saturated carbocycles. The number of aliphatic hydroxyl groups is 1. The highest BCUT2D eigenvalue weighted by atomic mass is 32.1. The fourth-order valence-electron chi connectivity index (χ4n) is 1.52. The Labute approximate surface area is 119 Å². The van der Waals surface area contributed by atoms with Crippen LogP contribution in [0.2, 0.25) is 0 Å². The first kappa shape index (κ1) is 16.5. The summed E-state index contributed by atoms with van der Waals surface area (Å²) in [5, 5.41) is 15.6. The van der Waals surface area contributed by atoms with Crippen LogP contribution in [0.5, 0.6) is 0 Å². The predicted molar refractivity (Wildman–Crippen MR) is 70.5 cm³/mol. The number of hydrogen-bond acceptors (Lipinski definition) is 4. The molecule has 0 aliphatic heterocycles. The summed E-state index contributed by atoms with van der Waals surface area (Å²) < 4.78 is 24.2. The van der Waals surface area contributed by atoms with E-state index in [1.54, 1.807) is 12.1 Å². The summed E-state index contributed by atoms with van der Waals surface area (Å²) in [7, 11) is 0. The number of thiophene rings is 1. The number of carbonyl (C=O) groups excluding carboxylic acids is 2. The fraction of sp³-hybridized carbons (Fsp3) is 0.500. The van der Waals surface area contributed by atoms with Gasteiger partial charge in [0.2, 0.25) is 11.8 Å². The SMILES string of the molecule is CC(=O)NC(CC(=O)NCC(O)C(F)F)c1cccs1. The third-order valence-electron chi connectivity index (χ3n) is 2.45. The first-order chi connectivity index (χ1) is 9.40. The molecule has 0 aliphatic carbocycles. The third kappa shape index (κ3) is 5.62. The van der Waals surface area contributed by atoms with Crippen molar-refractivity contribution in [2.45, 2.75) is 31.9 Å². The highest BCUT2D eigenvalue weighted by molar-refractivity contribution is 7.10. The Hall–Kier alpha value is -1.54. The Morgan fingerprint density at radius 3 is 2.65 bits per heavy atom. The summed E-state index contributed by atoms with van der Waals surface area (Å²) in [5.74, 6) is -0.805. The van der Waals surface area contributed by atoms with Crippen LogP contribution in [0.3, 0.4) is 0 Å². The Bertz CT molecular complexity index is 440. The van der Waals surface area contributed by atoms with Crippen LogP contribution in [-0.4, -0.2) is 36.0 Å². The zero-order valence-electron chi connectivity index (χ0n) is 10.8. The van der Waals surface area contributed by atoms with Gasteiger partial charge in [-0.3, -0.25) is 9.59 Å². The van der Waals surface area contributed by atoms with Crippen LogP contribution in [0, 0.1) is 0 Å². The lowest BCUT2D eigenvalue weighted by Crippen LogP contribution is -2.38. The molecule has 5 nitrogen and oxygen atoms in total. The van der Waals surface area contributed by atoms with Crippen molar-refractivity contribution in [2.75, 3.05) is 6.54 Å². The molecule has 8 heteroatoms. The summed E-state index contributed by atoms with van der Waals surface area (Å²) in [5.41, 5.74) is 0. The van der Waals surface area contributed by atoms with Crippen LogP contribution in [0.25, 0.3) is 0 Å². The molecular weight excluding hydrogens is 290 g/mol. The molecule has 1 heterocycles. The van der Waals surface area contributed by atoms with Gasteiger partial charge in [-0.1, -0.05) is 6.07 Å². The van der Waals surface area contributed by atoms with Gasteiger partial charge in [-0.05, 0) is 11.4 Å². The Morgan fingerprint density at radius 1 is 1.45 bits per heavy atom. The molecule has 2 unspecified atom stereocenters. The molecule has 0 aromatic carbocycles. The average Bonchev–Trinajstić information content (AvgIpc) is 2.88. The van der Waals surface area contributed by atoms with Gasteiger partial charge in [0.05, 0.1) is 12.5 Å². The maximum atomic E-state index is 12.1. The van der Waals surface area contributed by atoms with E-state index in [0.29, 0.717) is 0 Å². The zero-order valence-corrected chi connectivity index (χ0v) is 11.6. The summed E-state index contributed by atoms with van der Waals surface area (Å²) in [6.07, 6.45) is -4.87. The Kier molecular flexibility index (Phi) is 6.53. The van der Waals surface area contributed by atoms with Crippen molar-refractivity contribution in [1.29, 1.82) is 0 Å². The van der Waals surface area contributed by atoms with Gasteiger partial charge in [0.15, 0.2) is 0 Å². The molecule has 0 aliphatic rings. The summed E-state index contributed by atoms with van der Waals surface area (Å²) in [4.78, 5) is 23.5. The van der Waals surface area contributed by atoms with Crippen molar-refractivity contribution in [2.24, 2.45) is 0 Å². The minimum Gasteiger partial charge on any atom is -0.385 e.